The molecule has 0 atom stereocenters. The van der Waals surface area contributed by atoms with Gasteiger partial charge in [-0.3, -0.25) is 4.98 Å². The van der Waals surface area contributed by atoms with Crippen LogP contribution in [0.5, 0.6) is 0 Å². The SMILES string of the molecule is Cc1cc(NCC(C)(C)c2ccccc2)ccn1. The molecule has 18 heavy (non-hydrogen) atoms. The number of aryl methyl sites for hydroxylation is 1. The van der Waals surface area contributed by atoms with Crippen LogP contribution < -0.4 is 5.32 Å². The van der Waals surface area contributed by atoms with Crippen LogP contribution in [0.2, 0.25) is 0 Å². The molecular weight excluding hydrogens is 220 g/mol. The molecule has 0 aliphatic heterocycles. The average molecular weight is 240 g/mol. The summed E-state index contributed by atoms with van der Waals surface area (Å²) in [5, 5.41) is 3.48. The summed E-state index contributed by atoms with van der Waals surface area (Å²) in [5.41, 5.74) is 3.63. The van der Waals surface area contributed by atoms with Crippen molar-refractivity contribution in [2.24, 2.45) is 0 Å². The Kier molecular flexibility index (Phi) is 3.66. The zero-order valence-electron chi connectivity index (χ0n) is 11.3. The molecular formula is C16H20N2. The Hall–Kier alpha value is -1.83. The molecule has 0 saturated heterocycles. The molecule has 2 rings (SSSR count). The lowest BCUT2D eigenvalue weighted by molar-refractivity contribution is 0.557. The Labute approximate surface area is 109 Å². The van der Waals surface area contributed by atoms with Gasteiger partial charge in [0.25, 0.3) is 0 Å². The van der Waals surface area contributed by atoms with Crippen LogP contribution in [-0.4, -0.2) is 11.5 Å². The molecule has 0 radical (unpaired) electrons. The minimum Gasteiger partial charge on any atom is -0.384 e. The quantitative estimate of drug-likeness (QED) is 0.879. The van der Waals surface area contributed by atoms with Gasteiger partial charge in [0.05, 0.1) is 0 Å². The van der Waals surface area contributed by atoms with Gasteiger partial charge < -0.3 is 5.32 Å². The molecule has 2 heteroatoms. The molecule has 1 aromatic carbocycles. The molecule has 0 amide bonds. The van der Waals surface area contributed by atoms with Gasteiger partial charge in [0.15, 0.2) is 0 Å². The van der Waals surface area contributed by atoms with Crippen molar-refractivity contribution in [3.63, 3.8) is 0 Å². The predicted octanol–water partition coefficient (Wildman–Crippen LogP) is 3.78. The number of benzene rings is 1. The van der Waals surface area contributed by atoms with Crippen LogP contribution in [0.15, 0.2) is 48.7 Å². The smallest absolute Gasteiger partial charge is 0.0393 e. The van der Waals surface area contributed by atoms with Crippen molar-refractivity contribution in [3.8, 4) is 0 Å². The van der Waals surface area contributed by atoms with Gasteiger partial charge in [-0.1, -0.05) is 44.2 Å². The average Bonchev–Trinajstić information content (AvgIpc) is 2.38. The van der Waals surface area contributed by atoms with Crippen LogP contribution in [0.3, 0.4) is 0 Å². The summed E-state index contributed by atoms with van der Waals surface area (Å²) in [6, 6.07) is 14.7. The van der Waals surface area contributed by atoms with Crippen molar-refractivity contribution in [1.29, 1.82) is 0 Å². The zero-order valence-corrected chi connectivity index (χ0v) is 11.3. The molecule has 1 heterocycles. The fourth-order valence-electron chi connectivity index (χ4n) is 1.97. The van der Waals surface area contributed by atoms with E-state index in [1.807, 2.05) is 19.2 Å². The van der Waals surface area contributed by atoms with Gasteiger partial charge in [0.1, 0.15) is 0 Å². The number of hydrogen-bond acceptors (Lipinski definition) is 2. The molecule has 0 fully saturated rings. The highest BCUT2D eigenvalue weighted by molar-refractivity contribution is 5.44. The lowest BCUT2D eigenvalue weighted by Crippen LogP contribution is -2.27. The molecule has 94 valence electrons. The first kappa shape index (κ1) is 12.6. The molecule has 0 unspecified atom stereocenters. The van der Waals surface area contributed by atoms with Gasteiger partial charge in [-0.15, -0.1) is 0 Å². The maximum Gasteiger partial charge on any atom is 0.0393 e. The second-order valence-electron chi connectivity index (χ2n) is 5.29. The Bertz CT molecular complexity index is 504. The van der Waals surface area contributed by atoms with Gasteiger partial charge in [0.2, 0.25) is 0 Å². The van der Waals surface area contributed by atoms with Crippen LogP contribution in [0.25, 0.3) is 0 Å². The second kappa shape index (κ2) is 5.21. The maximum absolute atomic E-state index is 4.20. The van der Waals surface area contributed by atoms with Crippen molar-refractivity contribution >= 4 is 5.69 Å². The van der Waals surface area contributed by atoms with Gasteiger partial charge in [-0.2, -0.15) is 0 Å². The van der Waals surface area contributed by atoms with E-state index < -0.39 is 0 Å². The van der Waals surface area contributed by atoms with E-state index in [0.717, 1.165) is 17.9 Å². The molecule has 0 aliphatic carbocycles. The Morgan fingerprint density at radius 2 is 1.83 bits per heavy atom. The Balaban J connectivity index is 2.05. The largest absolute Gasteiger partial charge is 0.384 e. The fraction of sp³-hybridized carbons (Fsp3) is 0.312. The van der Waals surface area contributed by atoms with E-state index in [1.54, 1.807) is 0 Å². The minimum atomic E-state index is 0.110. The molecule has 0 bridgehead atoms. The van der Waals surface area contributed by atoms with Crippen molar-refractivity contribution in [3.05, 3.63) is 59.9 Å². The van der Waals surface area contributed by atoms with Crippen LogP contribution in [0, 0.1) is 6.92 Å². The van der Waals surface area contributed by atoms with E-state index in [9.17, 15) is 0 Å². The number of pyridine rings is 1. The third-order valence-corrected chi connectivity index (χ3v) is 3.19. The number of hydrogen-bond donors (Lipinski definition) is 1. The van der Waals surface area contributed by atoms with Crippen LogP contribution in [-0.2, 0) is 5.41 Å². The van der Waals surface area contributed by atoms with Crippen molar-refractivity contribution in [2.75, 3.05) is 11.9 Å². The third-order valence-electron chi connectivity index (χ3n) is 3.19. The number of nitrogens with zero attached hydrogens (tertiary/aromatic N) is 1. The summed E-state index contributed by atoms with van der Waals surface area (Å²) in [6.45, 7) is 7.42. The van der Waals surface area contributed by atoms with E-state index in [2.05, 4.69) is 60.5 Å². The van der Waals surface area contributed by atoms with Crippen LogP contribution >= 0.6 is 0 Å². The summed E-state index contributed by atoms with van der Waals surface area (Å²) in [7, 11) is 0. The molecule has 0 saturated carbocycles. The second-order valence-corrected chi connectivity index (χ2v) is 5.29. The topological polar surface area (TPSA) is 24.9 Å². The van der Waals surface area contributed by atoms with Gasteiger partial charge >= 0.3 is 0 Å². The van der Waals surface area contributed by atoms with E-state index in [1.165, 1.54) is 5.56 Å². The minimum absolute atomic E-state index is 0.110. The van der Waals surface area contributed by atoms with Crippen LogP contribution in [0.1, 0.15) is 25.1 Å². The van der Waals surface area contributed by atoms with Gasteiger partial charge in [0, 0.05) is 29.5 Å². The number of aromatic nitrogens is 1. The maximum atomic E-state index is 4.20. The first-order chi connectivity index (χ1) is 8.58. The van der Waals surface area contributed by atoms with Gasteiger partial charge in [-0.05, 0) is 24.6 Å². The summed E-state index contributed by atoms with van der Waals surface area (Å²) < 4.78 is 0. The number of nitrogens with one attached hydrogen (secondary N) is 1. The molecule has 0 spiro atoms. The highest BCUT2D eigenvalue weighted by atomic mass is 14.9. The summed E-state index contributed by atoms with van der Waals surface area (Å²) >= 11 is 0. The summed E-state index contributed by atoms with van der Waals surface area (Å²) in [5.74, 6) is 0. The number of rotatable bonds is 4. The summed E-state index contributed by atoms with van der Waals surface area (Å²) in [4.78, 5) is 4.20. The Morgan fingerprint density at radius 3 is 2.50 bits per heavy atom. The lowest BCUT2D eigenvalue weighted by atomic mass is 9.84. The normalized spacial score (nSPS) is 11.3. The monoisotopic (exact) mass is 240 g/mol. The van der Waals surface area contributed by atoms with E-state index in [4.69, 9.17) is 0 Å². The van der Waals surface area contributed by atoms with Crippen LogP contribution in [0.4, 0.5) is 5.69 Å². The predicted molar refractivity (Wildman–Crippen MR) is 76.9 cm³/mol. The first-order valence-corrected chi connectivity index (χ1v) is 6.30. The fourth-order valence-corrected chi connectivity index (χ4v) is 1.97. The first-order valence-electron chi connectivity index (χ1n) is 6.30. The van der Waals surface area contributed by atoms with Crippen molar-refractivity contribution < 1.29 is 0 Å². The Morgan fingerprint density at radius 1 is 1.11 bits per heavy atom. The molecule has 2 nitrogen and oxygen atoms in total. The van der Waals surface area contributed by atoms with Crippen molar-refractivity contribution in [2.45, 2.75) is 26.2 Å². The van der Waals surface area contributed by atoms with E-state index >= 15 is 0 Å². The number of anilines is 1. The highest BCUT2D eigenvalue weighted by Crippen LogP contribution is 2.23. The molecule has 1 aromatic heterocycles. The highest BCUT2D eigenvalue weighted by Gasteiger charge is 2.19. The standard InChI is InChI=1S/C16H20N2/c1-13-11-15(9-10-17-13)18-12-16(2,3)14-7-5-4-6-8-14/h4-11H,12H2,1-3H3,(H,17,18). The van der Waals surface area contributed by atoms with Crippen molar-refractivity contribution in [1.82, 2.24) is 4.98 Å². The molecule has 0 aliphatic rings. The zero-order chi connectivity index (χ0) is 13.0. The van der Waals surface area contributed by atoms with E-state index in [0.29, 0.717) is 0 Å². The lowest BCUT2D eigenvalue weighted by Gasteiger charge is -2.26. The molecule has 1 N–H and O–H groups in total. The summed E-state index contributed by atoms with van der Waals surface area (Å²) in [6.07, 6.45) is 1.84. The van der Waals surface area contributed by atoms with E-state index in [-0.39, 0.29) is 5.41 Å². The third kappa shape index (κ3) is 3.10. The van der Waals surface area contributed by atoms with Gasteiger partial charge in [-0.25, -0.2) is 0 Å². The molecule has 2 aromatic rings.